The maximum Gasteiger partial charge on any atom is 0.236 e. The largest absolute Gasteiger partial charge is 0.484 e. The molecule has 0 bridgehead atoms. The SMILES string of the molecule is Fc1ccc(OCc2coc(-c3cccs3)n2)c(F)c1. The fourth-order valence-corrected chi connectivity index (χ4v) is 2.29. The number of hydrogen-bond donors (Lipinski definition) is 0. The first-order valence-electron chi connectivity index (χ1n) is 5.78. The molecule has 3 rings (SSSR count). The van der Waals surface area contributed by atoms with Gasteiger partial charge in [-0.25, -0.2) is 13.8 Å². The van der Waals surface area contributed by atoms with Gasteiger partial charge in [0.2, 0.25) is 5.89 Å². The van der Waals surface area contributed by atoms with Crippen LogP contribution in [0.15, 0.2) is 46.4 Å². The van der Waals surface area contributed by atoms with Crippen molar-refractivity contribution >= 4 is 11.3 Å². The van der Waals surface area contributed by atoms with Crippen LogP contribution >= 0.6 is 11.3 Å². The van der Waals surface area contributed by atoms with Crippen LogP contribution in [0.3, 0.4) is 0 Å². The summed E-state index contributed by atoms with van der Waals surface area (Å²) in [5.41, 5.74) is 0.539. The molecule has 3 aromatic rings. The Morgan fingerprint density at radius 3 is 2.90 bits per heavy atom. The van der Waals surface area contributed by atoms with Crippen molar-refractivity contribution in [2.24, 2.45) is 0 Å². The molecule has 0 saturated heterocycles. The van der Waals surface area contributed by atoms with Crippen LogP contribution in [0.4, 0.5) is 8.78 Å². The van der Waals surface area contributed by atoms with Crippen molar-refractivity contribution in [1.82, 2.24) is 4.98 Å². The molecule has 20 heavy (non-hydrogen) atoms. The molecule has 0 fully saturated rings. The third-order valence-corrected chi connectivity index (χ3v) is 3.41. The van der Waals surface area contributed by atoms with Gasteiger partial charge in [-0.2, -0.15) is 0 Å². The Labute approximate surface area is 117 Å². The monoisotopic (exact) mass is 293 g/mol. The molecule has 0 aliphatic rings. The van der Waals surface area contributed by atoms with Crippen molar-refractivity contribution in [3.63, 3.8) is 0 Å². The number of hydrogen-bond acceptors (Lipinski definition) is 4. The van der Waals surface area contributed by atoms with Gasteiger partial charge in [-0.3, -0.25) is 0 Å². The summed E-state index contributed by atoms with van der Waals surface area (Å²) >= 11 is 1.51. The highest BCUT2D eigenvalue weighted by atomic mass is 32.1. The summed E-state index contributed by atoms with van der Waals surface area (Å²) in [7, 11) is 0. The van der Waals surface area contributed by atoms with E-state index in [4.69, 9.17) is 9.15 Å². The van der Waals surface area contributed by atoms with Gasteiger partial charge in [0.25, 0.3) is 0 Å². The molecule has 3 nitrogen and oxygen atoms in total. The lowest BCUT2D eigenvalue weighted by Gasteiger charge is -2.04. The predicted octanol–water partition coefficient (Wildman–Crippen LogP) is 4.26. The number of nitrogens with zero attached hydrogens (tertiary/aromatic N) is 1. The van der Waals surface area contributed by atoms with Gasteiger partial charge >= 0.3 is 0 Å². The van der Waals surface area contributed by atoms with Crippen LogP contribution < -0.4 is 4.74 Å². The van der Waals surface area contributed by atoms with Crippen LogP contribution in [0.25, 0.3) is 10.8 Å². The Bertz CT molecular complexity index is 710. The van der Waals surface area contributed by atoms with E-state index >= 15 is 0 Å². The number of ether oxygens (including phenoxy) is 1. The van der Waals surface area contributed by atoms with Crippen LogP contribution in [0.5, 0.6) is 5.75 Å². The zero-order valence-corrected chi connectivity index (χ0v) is 11.0. The smallest absolute Gasteiger partial charge is 0.236 e. The van der Waals surface area contributed by atoms with Gasteiger partial charge < -0.3 is 9.15 Å². The fourth-order valence-electron chi connectivity index (χ4n) is 1.63. The van der Waals surface area contributed by atoms with Crippen LogP contribution in [0, 0.1) is 11.6 Å². The van der Waals surface area contributed by atoms with Crippen LogP contribution in [0.1, 0.15) is 5.69 Å². The topological polar surface area (TPSA) is 35.3 Å². The second-order valence-corrected chi connectivity index (χ2v) is 4.93. The van der Waals surface area contributed by atoms with E-state index < -0.39 is 11.6 Å². The molecule has 0 saturated carbocycles. The first-order chi connectivity index (χ1) is 9.72. The van der Waals surface area contributed by atoms with Gasteiger partial charge in [-0.05, 0) is 23.6 Å². The zero-order chi connectivity index (χ0) is 13.9. The molecule has 0 aliphatic carbocycles. The summed E-state index contributed by atoms with van der Waals surface area (Å²) in [5, 5.41) is 1.92. The summed E-state index contributed by atoms with van der Waals surface area (Å²) in [5.74, 6) is -0.909. The Kier molecular flexibility index (Phi) is 3.47. The number of benzene rings is 1. The third-order valence-electron chi connectivity index (χ3n) is 2.55. The maximum absolute atomic E-state index is 13.4. The molecule has 0 amide bonds. The van der Waals surface area contributed by atoms with Gasteiger partial charge in [0.1, 0.15) is 24.4 Å². The molecule has 0 atom stereocenters. The number of oxazole rings is 1. The second-order valence-electron chi connectivity index (χ2n) is 3.98. The highest BCUT2D eigenvalue weighted by Crippen LogP contribution is 2.24. The number of rotatable bonds is 4. The second kappa shape index (κ2) is 5.42. The lowest BCUT2D eigenvalue weighted by Crippen LogP contribution is -1.98. The molecule has 0 spiro atoms. The minimum Gasteiger partial charge on any atom is -0.484 e. The van der Waals surface area contributed by atoms with Gasteiger partial charge in [0.15, 0.2) is 11.6 Å². The summed E-state index contributed by atoms with van der Waals surface area (Å²) in [6.07, 6.45) is 1.45. The summed E-state index contributed by atoms with van der Waals surface area (Å²) in [6, 6.07) is 6.94. The molecule has 6 heteroatoms. The molecule has 1 aromatic carbocycles. The van der Waals surface area contributed by atoms with Crippen molar-refractivity contribution in [2.75, 3.05) is 0 Å². The molecule has 0 aliphatic heterocycles. The molecule has 102 valence electrons. The van der Waals surface area contributed by atoms with Crippen LogP contribution in [0.2, 0.25) is 0 Å². The lowest BCUT2D eigenvalue weighted by atomic mass is 10.3. The molecule has 0 radical (unpaired) electrons. The van der Waals surface area contributed by atoms with E-state index in [1.165, 1.54) is 23.7 Å². The van der Waals surface area contributed by atoms with Crippen molar-refractivity contribution in [1.29, 1.82) is 0 Å². The Morgan fingerprint density at radius 1 is 1.25 bits per heavy atom. The van der Waals surface area contributed by atoms with Gasteiger partial charge in [-0.1, -0.05) is 6.07 Å². The van der Waals surface area contributed by atoms with E-state index in [0.29, 0.717) is 11.6 Å². The first-order valence-corrected chi connectivity index (χ1v) is 6.66. The highest BCUT2D eigenvalue weighted by Gasteiger charge is 2.10. The van der Waals surface area contributed by atoms with Crippen LogP contribution in [-0.4, -0.2) is 4.98 Å². The molecule has 2 aromatic heterocycles. The molecule has 0 unspecified atom stereocenters. The minimum atomic E-state index is -0.744. The van der Waals surface area contributed by atoms with Crippen LogP contribution in [-0.2, 0) is 6.61 Å². The Hall–Kier alpha value is -2.21. The van der Waals surface area contributed by atoms with E-state index in [1.807, 2.05) is 17.5 Å². The number of aromatic nitrogens is 1. The summed E-state index contributed by atoms with van der Waals surface area (Å²) in [6.45, 7) is 0.0530. The van der Waals surface area contributed by atoms with E-state index in [0.717, 1.165) is 17.0 Å². The van der Waals surface area contributed by atoms with Gasteiger partial charge in [-0.15, -0.1) is 11.3 Å². The maximum atomic E-state index is 13.4. The third kappa shape index (κ3) is 2.70. The highest BCUT2D eigenvalue weighted by molar-refractivity contribution is 7.13. The van der Waals surface area contributed by atoms with Crippen molar-refractivity contribution in [2.45, 2.75) is 6.61 Å². The minimum absolute atomic E-state index is 0.0212. The molecular formula is C14H9F2NO2S. The molecule has 0 N–H and O–H groups in total. The molecular weight excluding hydrogens is 284 g/mol. The number of halogens is 2. The van der Waals surface area contributed by atoms with Gasteiger partial charge in [0.05, 0.1) is 4.88 Å². The summed E-state index contributed by atoms with van der Waals surface area (Å²) < 4.78 is 36.7. The molecule has 2 heterocycles. The summed E-state index contributed by atoms with van der Waals surface area (Å²) in [4.78, 5) is 5.14. The zero-order valence-electron chi connectivity index (χ0n) is 10.2. The fraction of sp³-hybridized carbons (Fsp3) is 0.0714. The van der Waals surface area contributed by atoms with E-state index in [9.17, 15) is 8.78 Å². The van der Waals surface area contributed by atoms with E-state index in [-0.39, 0.29) is 12.4 Å². The average Bonchev–Trinajstić information content (AvgIpc) is 3.08. The van der Waals surface area contributed by atoms with Crippen molar-refractivity contribution in [3.8, 4) is 16.5 Å². The van der Waals surface area contributed by atoms with Crippen molar-refractivity contribution < 1.29 is 17.9 Å². The van der Waals surface area contributed by atoms with Gasteiger partial charge in [0, 0.05) is 6.07 Å². The Balaban J connectivity index is 1.70. The normalized spacial score (nSPS) is 10.7. The number of thiophene rings is 1. The quantitative estimate of drug-likeness (QED) is 0.721. The van der Waals surface area contributed by atoms with Crippen molar-refractivity contribution in [3.05, 3.63) is 59.3 Å². The first kappa shape index (κ1) is 12.8. The Morgan fingerprint density at radius 2 is 2.15 bits per heavy atom. The lowest BCUT2D eigenvalue weighted by molar-refractivity contribution is 0.284. The van der Waals surface area contributed by atoms with E-state index in [1.54, 1.807) is 0 Å². The van der Waals surface area contributed by atoms with E-state index in [2.05, 4.69) is 4.98 Å². The standard InChI is InChI=1S/C14H9F2NO2S/c15-9-3-4-12(11(16)6-9)18-7-10-8-19-14(17-10)13-2-1-5-20-13/h1-6,8H,7H2. The average molecular weight is 293 g/mol. The predicted molar refractivity (Wildman–Crippen MR) is 70.5 cm³/mol.